The van der Waals surface area contributed by atoms with E-state index in [1.165, 1.54) is 19.3 Å². The van der Waals surface area contributed by atoms with E-state index in [0.717, 1.165) is 50.2 Å². The minimum absolute atomic E-state index is 0.0347. The molecule has 0 saturated carbocycles. The lowest BCUT2D eigenvalue weighted by Gasteiger charge is -2.24. The summed E-state index contributed by atoms with van der Waals surface area (Å²) in [5, 5.41) is 12.6. The van der Waals surface area contributed by atoms with Gasteiger partial charge in [0.2, 0.25) is 5.91 Å². The number of methoxy groups -OCH3 is 1. The standard InChI is InChI=1S/C20H32N4O2/c1-16-17(2)24(12-9-13-26-3)20(18(16)14-21)22-19(25)15-23-10-7-5-4-6-8-11-23/h4-13,15H2,1-3H3,(H,22,25). The summed E-state index contributed by atoms with van der Waals surface area (Å²) in [6, 6.07) is 2.26. The van der Waals surface area contributed by atoms with Crippen LogP contribution in [-0.4, -0.2) is 48.7 Å². The number of carbonyl (C=O) groups is 1. The molecule has 0 radical (unpaired) electrons. The monoisotopic (exact) mass is 360 g/mol. The van der Waals surface area contributed by atoms with E-state index < -0.39 is 0 Å². The molecule has 1 amide bonds. The highest BCUT2D eigenvalue weighted by Gasteiger charge is 2.20. The van der Waals surface area contributed by atoms with Crippen LogP contribution in [0, 0.1) is 25.2 Å². The second-order valence-corrected chi connectivity index (χ2v) is 7.14. The van der Waals surface area contributed by atoms with E-state index in [1.54, 1.807) is 7.11 Å². The second kappa shape index (κ2) is 10.3. The first kappa shape index (κ1) is 20.5. The largest absolute Gasteiger partial charge is 0.385 e. The van der Waals surface area contributed by atoms with Gasteiger partial charge < -0.3 is 14.6 Å². The van der Waals surface area contributed by atoms with Crippen LogP contribution in [0.25, 0.3) is 0 Å². The summed E-state index contributed by atoms with van der Waals surface area (Å²) in [7, 11) is 1.68. The third-order valence-corrected chi connectivity index (χ3v) is 5.25. The number of nitriles is 1. The van der Waals surface area contributed by atoms with Crippen LogP contribution in [0.15, 0.2) is 0 Å². The molecule has 144 valence electrons. The van der Waals surface area contributed by atoms with Gasteiger partial charge >= 0.3 is 0 Å². The Labute approximate surface area is 157 Å². The third-order valence-electron chi connectivity index (χ3n) is 5.25. The predicted molar refractivity (Wildman–Crippen MR) is 103 cm³/mol. The summed E-state index contributed by atoms with van der Waals surface area (Å²) in [6.45, 7) is 7.66. The van der Waals surface area contributed by atoms with Crippen molar-refractivity contribution in [3.63, 3.8) is 0 Å². The molecular weight excluding hydrogens is 328 g/mol. The normalized spacial score (nSPS) is 15.9. The van der Waals surface area contributed by atoms with Crippen molar-refractivity contribution in [2.75, 3.05) is 38.7 Å². The number of nitrogens with one attached hydrogen (secondary N) is 1. The summed E-state index contributed by atoms with van der Waals surface area (Å²) in [5.74, 6) is 0.600. The van der Waals surface area contributed by atoms with E-state index in [9.17, 15) is 10.1 Å². The van der Waals surface area contributed by atoms with Crippen molar-refractivity contribution in [1.82, 2.24) is 9.47 Å². The van der Waals surface area contributed by atoms with Gasteiger partial charge in [-0.05, 0) is 51.8 Å². The van der Waals surface area contributed by atoms with Crippen molar-refractivity contribution in [3.8, 4) is 6.07 Å². The maximum Gasteiger partial charge on any atom is 0.239 e. The highest BCUT2D eigenvalue weighted by atomic mass is 16.5. The summed E-state index contributed by atoms with van der Waals surface area (Å²) in [6.07, 6.45) is 6.95. The van der Waals surface area contributed by atoms with Gasteiger partial charge in [0.15, 0.2) is 0 Å². The summed E-state index contributed by atoms with van der Waals surface area (Å²) < 4.78 is 7.18. The van der Waals surface area contributed by atoms with E-state index in [4.69, 9.17) is 4.74 Å². The molecule has 0 bridgehead atoms. The Morgan fingerprint density at radius 3 is 2.46 bits per heavy atom. The first-order chi connectivity index (χ1) is 12.6. The number of aromatic nitrogens is 1. The number of amides is 1. The average molecular weight is 361 g/mol. The lowest BCUT2D eigenvalue weighted by Crippen LogP contribution is -2.35. The molecule has 6 heteroatoms. The zero-order chi connectivity index (χ0) is 18.9. The van der Waals surface area contributed by atoms with Gasteiger partial charge in [0.25, 0.3) is 0 Å². The topological polar surface area (TPSA) is 70.3 Å². The zero-order valence-corrected chi connectivity index (χ0v) is 16.4. The van der Waals surface area contributed by atoms with Crippen molar-refractivity contribution in [2.24, 2.45) is 0 Å². The number of hydrogen-bond donors (Lipinski definition) is 1. The smallest absolute Gasteiger partial charge is 0.239 e. The lowest BCUT2D eigenvalue weighted by molar-refractivity contribution is -0.117. The number of nitrogens with zero attached hydrogens (tertiary/aromatic N) is 3. The summed E-state index contributed by atoms with van der Waals surface area (Å²) >= 11 is 0. The molecule has 26 heavy (non-hydrogen) atoms. The van der Waals surface area contributed by atoms with Crippen LogP contribution in [-0.2, 0) is 16.1 Å². The summed E-state index contributed by atoms with van der Waals surface area (Å²) in [4.78, 5) is 14.9. The van der Waals surface area contributed by atoms with Crippen molar-refractivity contribution < 1.29 is 9.53 Å². The van der Waals surface area contributed by atoms with Crippen molar-refractivity contribution in [2.45, 2.75) is 58.9 Å². The van der Waals surface area contributed by atoms with E-state index in [1.807, 2.05) is 18.4 Å². The molecule has 0 spiro atoms. The maximum absolute atomic E-state index is 12.6. The average Bonchev–Trinajstić information content (AvgIpc) is 2.81. The number of likely N-dealkylation sites (tertiary alicyclic amines) is 1. The molecule has 1 aromatic heterocycles. The number of ether oxygens (including phenoxy) is 1. The number of hydrogen-bond acceptors (Lipinski definition) is 4. The molecule has 1 fully saturated rings. The molecule has 1 aliphatic rings. The minimum atomic E-state index is -0.0347. The van der Waals surface area contributed by atoms with Crippen molar-refractivity contribution >= 4 is 11.7 Å². The van der Waals surface area contributed by atoms with Gasteiger partial charge in [-0.25, -0.2) is 0 Å². The van der Waals surface area contributed by atoms with Crippen LogP contribution in [0.2, 0.25) is 0 Å². The Hall–Kier alpha value is -1.84. The second-order valence-electron chi connectivity index (χ2n) is 7.14. The fourth-order valence-electron chi connectivity index (χ4n) is 3.62. The van der Waals surface area contributed by atoms with E-state index in [-0.39, 0.29) is 5.91 Å². The minimum Gasteiger partial charge on any atom is -0.385 e. The van der Waals surface area contributed by atoms with E-state index >= 15 is 0 Å². The van der Waals surface area contributed by atoms with Crippen LogP contribution in [0.1, 0.15) is 55.3 Å². The van der Waals surface area contributed by atoms with Crippen LogP contribution >= 0.6 is 0 Å². The van der Waals surface area contributed by atoms with E-state index in [0.29, 0.717) is 24.5 Å². The van der Waals surface area contributed by atoms with E-state index in [2.05, 4.69) is 16.3 Å². The molecule has 1 aliphatic heterocycles. The van der Waals surface area contributed by atoms with Crippen LogP contribution in [0.5, 0.6) is 0 Å². The fraction of sp³-hybridized carbons (Fsp3) is 0.700. The molecule has 0 aliphatic carbocycles. The Kier molecular flexibility index (Phi) is 8.14. The zero-order valence-electron chi connectivity index (χ0n) is 16.4. The SMILES string of the molecule is COCCCn1c(C)c(C)c(C#N)c1NC(=O)CN1CCCCCCC1. The van der Waals surface area contributed by atoms with Crippen LogP contribution < -0.4 is 5.32 Å². The highest BCUT2D eigenvalue weighted by Crippen LogP contribution is 2.26. The number of anilines is 1. The maximum atomic E-state index is 12.6. The Bertz CT molecular complexity index is 637. The molecule has 6 nitrogen and oxygen atoms in total. The lowest BCUT2D eigenvalue weighted by atomic mass is 10.1. The van der Waals surface area contributed by atoms with Gasteiger partial charge in [-0.3, -0.25) is 9.69 Å². The molecule has 1 aromatic rings. The quantitative estimate of drug-likeness (QED) is 0.758. The Balaban J connectivity index is 2.09. The number of rotatable bonds is 7. The first-order valence-corrected chi connectivity index (χ1v) is 9.69. The molecular formula is C20H32N4O2. The molecule has 0 aromatic carbocycles. The molecule has 0 atom stereocenters. The van der Waals surface area contributed by atoms with Crippen LogP contribution in [0.3, 0.4) is 0 Å². The molecule has 0 unspecified atom stereocenters. The van der Waals surface area contributed by atoms with Gasteiger partial charge in [0.05, 0.1) is 12.1 Å². The highest BCUT2D eigenvalue weighted by molar-refractivity contribution is 5.93. The van der Waals surface area contributed by atoms with Gasteiger partial charge in [0, 0.05) is 26.0 Å². The fourth-order valence-corrected chi connectivity index (χ4v) is 3.62. The molecule has 2 rings (SSSR count). The molecule has 1 N–H and O–H groups in total. The van der Waals surface area contributed by atoms with Crippen molar-refractivity contribution in [1.29, 1.82) is 5.26 Å². The van der Waals surface area contributed by atoms with Gasteiger partial charge in [-0.15, -0.1) is 0 Å². The summed E-state index contributed by atoms with van der Waals surface area (Å²) in [5.41, 5.74) is 2.53. The van der Waals surface area contributed by atoms with Crippen LogP contribution in [0.4, 0.5) is 5.82 Å². The number of carbonyl (C=O) groups excluding carboxylic acids is 1. The third kappa shape index (κ3) is 5.33. The Morgan fingerprint density at radius 2 is 1.85 bits per heavy atom. The molecule has 1 saturated heterocycles. The van der Waals surface area contributed by atoms with Gasteiger partial charge in [0.1, 0.15) is 11.9 Å². The van der Waals surface area contributed by atoms with Gasteiger partial charge in [-0.2, -0.15) is 5.26 Å². The van der Waals surface area contributed by atoms with Crippen molar-refractivity contribution in [3.05, 3.63) is 16.8 Å². The first-order valence-electron chi connectivity index (χ1n) is 9.69. The van der Waals surface area contributed by atoms with Gasteiger partial charge in [-0.1, -0.05) is 19.3 Å². The predicted octanol–water partition coefficient (Wildman–Crippen LogP) is 3.22. The molecule has 2 heterocycles. The Morgan fingerprint density at radius 1 is 1.19 bits per heavy atom.